The number of halogens is 2. The number of β-amino-alcohol motifs (C(OH)–C–C–N with tert-alkyl or cyclic N) is 1. The van der Waals surface area contributed by atoms with Gasteiger partial charge in [0.25, 0.3) is 0 Å². The van der Waals surface area contributed by atoms with Gasteiger partial charge in [0.05, 0.1) is 40.9 Å². The normalized spacial score (nSPS) is 17.7. The molecule has 19 heteroatoms. The van der Waals surface area contributed by atoms with Crippen LogP contribution in [0.15, 0.2) is 79.4 Å². The van der Waals surface area contributed by atoms with Crippen LogP contribution in [0.2, 0.25) is 0 Å². The Kier molecular flexibility index (Phi) is 9.08. The molecule has 5 N–H and O–H groups in total. The van der Waals surface area contributed by atoms with Gasteiger partial charge in [-0.25, -0.2) is 44.3 Å². The number of hydrazine groups is 1. The molecule has 0 bridgehead atoms. The van der Waals surface area contributed by atoms with Gasteiger partial charge in [-0.3, -0.25) is 0 Å². The zero-order valence-electron chi connectivity index (χ0n) is 33.8. The first kappa shape index (κ1) is 38.8. The van der Waals surface area contributed by atoms with Gasteiger partial charge in [-0.15, -0.1) is 0 Å². The van der Waals surface area contributed by atoms with E-state index in [1.807, 2.05) is 42.5 Å². The quantitative estimate of drug-likeness (QED) is 0.145. The number of nitrogen functional groups attached to an aromatic ring is 2. The van der Waals surface area contributed by atoms with E-state index in [9.17, 15) is 19.1 Å². The molecule has 63 heavy (non-hydrogen) atoms. The van der Waals surface area contributed by atoms with Gasteiger partial charge in [0.1, 0.15) is 53.1 Å². The number of hydrogen-bond donors (Lipinski definition) is 3. The summed E-state index contributed by atoms with van der Waals surface area (Å²) < 4.78 is 39.6. The Morgan fingerprint density at radius 1 is 0.762 bits per heavy atom. The third kappa shape index (κ3) is 7.11. The zero-order valence-corrected chi connectivity index (χ0v) is 33.8. The number of pyridine rings is 1. The molecular formula is C44H40F2N14O3. The highest BCUT2D eigenvalue weighted by Crippen LogP contribution is 2.40. The largest absolute Gasteiger partial charge is 0.474 e. The highest BCUT2D eigenvalue weighted by molar-refractivity contribution is 6.01. The first-order valence-electron chi connectivity index (χ1n) is 20.7. The summed E-state index contributed by atoms with van der Waals surface area (Å²) in [5.41, 5.74) is 15.6. The number of aromatic nitrogens is 9. The van der Waals surface area contributed by atoms with Crippen LogP contribution in [0.25, 0.3) is 66.3 Å². The van der Waals surface area contributed by atoms with E-state index in [2.05, 4.69) is 45.7 Å². The molecule has 2 aliphatic heterocycles. The number of aliphatic hydroxyl groups is 1. The van der Waals surface area contributed by atoms with Crippen LogP contribution in [0.5, 0.6) is 11.6 Å². The fraction of sp³-hybridized carbons (Fsp3) is 0.318. The third-order valence-corrected chi connectivity index (χ3v) is 12.4. The Balaban J connectivity index is 0.783. The van der Waals surface area contributed by atoms with Gasteiger partial charge in [0.2, 0.25) is 5.88 Å². The van der Waals surface area contributed by atoms with Crippen LogP contribution < -0.4 is 20.9 Å². The number of rotatable bonds is 11. The molecule has 318 valence electrons. The molecule has 3 aliphatic rings. The van der Waals surface area contributed by atoms with Crippen LogP contribution in [-0.4, -0.2) is 104 Å². The Hall–Kier alpha value is -7.14. The lowest BCUT2D eigenvalue weighted by Gasteiger charge is -2.53. The summed E-state index contributed by atoms with van der Waals surface area (Å²) >= 11 is 0. The van der Waals surface area contributed by atoms with Crippen molar-refractivity contribution in [2.24, 2.45) is 5.41 Å². The third-order valence-electron chi connectivity index (χ3n) is 12.4. The second-order valence-electron chi connectivity index (χ2n) is 16.8. The molecule has 3 aromatic carbocycles. The van der Waals surface area contributed by atoms with Crippen molar-refractivity contribution >= 4 is 55.4 Å². The van der Waals surface area contributed by atoms with Crippen LogP contribution >= 0.6 is 0 Å². The van der Waals surface area contributed by atoms with E-state index in [1.165, 1.54) is 18.7 Å². The van der Waals surface area contributed by atoms with Crippen LogP contribution in [-0.2, 0) is 13.1 Å². The van der Waals surface area contributed by atoms with Gasteiger partial charge in [-0.1, -0.05) is 24.3 Å². The average molecular weight is 851 g/mol. The first-order chi connectivity index (χ1) is 30.5. The summed E-state index contributed by atoms with van der Waals surface area (Å²) in [6.07, 6.45) is 6.26. The van der Waals surface area contributed by atoms with Gasteiger partial charge in [-0.05, 0) is 72.9 Å². The second kappa shape index (κ2) is 14.8. The van der Waals surface area contributed by atoms with Crippen LogP contribution in [0.3, 0.4) is 0 Å². The standard InChI is InChI=1S/C44H40F2N14O3/c45-42(46)63-31-6-3-25-15-28(2-1-26(25)17-31)36-34-38(48)50-23-52-40(34)59(55-36)19-43(18-47)11-13-57(14-12-43)58-20-44(61,21-58)22-60-41-35(39(49)51-24-53-41)37(56-60)29-4-9-32-27(16-29)5-10-33(54-32)62-30-7-8-30/h1-6,9-10,15-17,23-24,30,42,61H,7-8,11-14,19-22H2,(H2,48,50,52)(H2,49,51,53). The molecule has 2 saturated heterocycles. The lowest BCUT2D eigenvalue weighted by atomic mass is 9.80. The molecule has 1 saturated carbocycles. The maximum atomic E-state index is 12.8. The molecule has 0 spiro atoms. The number of ether oxygens (including phenoxy) is 2. The van der Waals surface area contributed by atoms with E-state index in [0.717, 1.165) is 40.3 Å². The summed E-state index contributed by atoms with van der Waals surface area (Å²) in [6, 6.07) is 22.7. The van der Waals surface area contributed by atoms with Crippen molar-refractivity contribution in [1.29, 1.82) is 5.26 Å². The average Bonchev–Trinajstić information content (AvgIpc) is 3.90. The number of nitriles is 1. The van der Waals surface area contributed by atoms with E-state index in [0.29, 0.717) is 89.6 Å². The Labute approximate surface area is 357 Å². The van der Waals surface area contributed by atoms with Crippen molar-refractivity contribution < 1.29 is 23.4 Å². The number of hydrogen-bond acceptors (Lipinski definition) is 15. The summed E-state index contributed by atoms with van der Waals surface area (Å²) in [4.78, 5) is 22.3. The van der Waals surface area contributed by atoms with Crippen molar-refractivity contribution in [2.75, 3.05) is 37.6 Å². The minimum absolute atomic E-state index is 0.0682. The van der Waals surface area contributed by atoms with Crippen molar-refractivity contribution in [1.82, 2.24) is 54.5 Å². The lowest BCUT2D eigenvalue weighted by Crippen LogP contribution is -2.69. The Morgan fingerprint density at radius 3 is 2.02 bits per heavy atom. The summed E-state index contributed by atoms with van der Waals surface area (Å²) in [7, 11) is 0. The molecule has 11 rings (SSSR count). The summed E-state index contributed by atoms with van der Waals surface area (Å²) in [5, 5.41) is 40.3. The van der Waals surface area contributed by atoms with Gasteiger partial charge >= 0.3 is 6.61 Å². The summed E-state index contributed by atoms with van der Waals surface area (Å²) in [6.45, 7) is -0.529. The minimum atomic E-state index is -2.92. The van der Waals surface area contributed by atoms with Gasteiger partial charge in [0, 0.05) is 48.8 Å². The van der Waals surface area contributed by atoms with Gasteiger partial charge in [-0.2, -0.15) is 24.2 Å². The number of anilines is 2. The Bertz CT molecular complexity index is 3130. The van der Waals surface area contributed by atoms with E-state index < -0.39 is 17.6 Å². The van der Waals surface area contributed by atoms with E-state index in [4.69, 9.17) is 26.4 Å². The molecule has 1 aliphatic carbocycles. The molecule has 0 atom stereocenters. The van der Waals surface area contributed by atoms with Gasteiger partial charge in [0.15, 0.2) is 11.3 Å². The first-order valence-corrected chi connectivity index (χ1v) is 20.7. The fourth-order valence-corrected chi connectivity index (χ4v) is 8.92. The number of benzene rings is 3. The molecule has 0 amide bonds. The Morgan fingerprint density at radius 2 is 1.37 bits per heavy atom. The topological polar surface area (TPSA) is 221 Å². The van der Waals surface area contributed by atoms with Crippen LogP contribution in [0.1, 0.15) is 25.7 Å². The smallest absolute Gasteiger partial charge is 0.387 e. The molecule has 0 radical (unpaired) electrons. The predicted octanol–water partition coefficient (Wildman–Crippen LogP) is 5.58. The van der Waals surface area contributed by atoms with Crippen molar-refractivity contribution in [3.8, 4) is 40.2 Å². The van der Waals surface area contributed by atoms with Crippen LogP contribution in [0, 0.1) is 16.7 Å². The molecule has 7 heterocycles. The molecule has 0 unspecified atom stereocenters. The van der Waals surface area contributed by atoms with E-state index in [1.54, 1.807) is 27.6 Å². The molecular weight excluding hydrogens is 811 g/mol. The highest BCUT2D eigenvalue weighted by atomic mass is 19.3. The number of nitrogens with two attached hydrogens (primary N) is 2. The molecule has 5 aromatic heterocycles. The fourth-order valence-electron chi connectivity index (χ4n) is 8.92. The number of nitrogens with zero attached hydrogens (tertiary/aromatic N) is 12. The van der Waals surface area contributed by atoms with Crippen LogP contribution in [0.4, 0.5) is 20.4 Å². The predicted molar refractivity (Wildman–Crippen MR) is 229 cm³/mol. The number of fused-ring (bicyclic) bond motifs is 4. The SMILES string of the molecule is N#CC1(Cn2nc(-c3ccc4cc(OC(F)F)ccc4c3)c3c(N)ncnc32)CCN(N2CC(O)(Cn3nc(-c4ccc5nc(OC6CC6)ccc5c4)c4c(N)ncnc43)C2)CC1. The lowest BCUT2D eigenvalue weighted by molar-refractivity contribution is -0.208. The molecule has 3 fully saturated rings. The molecule has 8 aromatic rings. The highest BCUT2D eigenvalue weighted by Gasteiger charge is 2.47. The van der Waals surface area contributed by atoms with Crippen molar-refractivity contribution in [3.63, 3.8) is 0 Å². The minimum Gasteiger partial charge on any atom is -0.474 e. The number of alkyl halides is 2. The maximum Gasteiger partial charge on any atom is 0.387 e. The number of piperidine rings is 1. The van der Waals surface area contributed by atoms with Crippen molar-refractivity contribution in [3.05, 3.63) is 79.4 Å². The van der Waals surface area contributed by atoms with Gasteiger partial charge < -0.3 is 26.0 Å². The van der Waals surface area contributed by atoms with E-state index >= 15 is 0 Å². The second-order valence-corrected chi connectivity index (χ2v) is 16.8. The van der Waals surface area contributed by atoms with E-state index in [-0.39, 0.29) is 30.8 Å². The maximum absolute atomic E-state index is 12.8. The molecule has 17 nitrogen and oxygen atoms in total. The monoisotopic (exact) mass is 850 g/mol. The summed E-state index contributed by atoms with van der Waals surface area (Å²) in [5.74, 6) is 1.24. The zero-order chi connectivity index (χ0) is 43.0. The van der Waals surface area contributed by atoms with Crippen molar-refractivity contribution in [2.45, 2.75) is 57.1 Å².